The van der Waals surface area contributed by atoms with Crippen LogP contribution in [-0.2, 0) is 32.7 Å². The molecule has 0 aromatic heterocycles. The molecule has 0 aliphatic rings. The van der Waals surface area contributed by atoms with Crippen molar-refractivity contribution in [2.75, 3.05) is 26.4 Å². The maximum absolute atomic E-state index is 12.6. The van der Waals surface area contributed by atoms with Crippen molar-refractivity contribution in [2.45, 2.75) is 200 Å². The van der Waals surface area contributed by atoms with E-state index in [0.717, 1.165) is 57.8 Å². The molecule has 0 saturated carbocycles. The molecular weight excluding hydrogens is 737 g/mol. The third-order valence-electron chi connectivity index (χ3n) is 9.39. The zero-order valence-corrected chi connectivity index (χ0v) is 37.2. The van der Waals surface area contributed by atoms with Crippen molar-refractivity contribution in [3.63, 3.8) is 0 Å². The predicted octanol–water partition coefficient (Wildman–Crippen LogP) is 13.3. The van der Waals surface area contributed by atoms with Gasteiger partial charge in [0.15, 0.2) is 6.10 Å². The molecule has 1 unspecified atom stereocenters. The summed E-state index contributed by atoms with van der Waals surface area (Å²) in [5.74, 6) is -0.879. The van der Waals surface area contributed by atoms with Crippen LogP contribution in [0.5, 0.6) is 0 Å². The van der Waals surface area contributed by atoms with E-state index in [-0.39, 0.29) is 32.6 Å². The number of ether oxygens (including phenoxy) is 2. The van der Waals surface area contributed by atoms with Crippen molar-refractivity contribution in [3.05, 3.63) is 60.8 Å². The van der Waals surface area contributed by atoms with Crippen molar-refractivity contribution >= 4 is 19.8 Å². The molecule has 57 heavy (non-hydrogen) atoms. The molecule has 330 valence electrons. The van der Waals surface area contributed by atoms with Gasteiger partial charge < -0.3 is 20.1 Å². The zero-order valence-electron chi connectivity index (χ0n) is 36.3. The summed E-state index contributed by atoms with van der Waals surface area (Å²) < 4.78 is 32.8. The SMILES string of the molecule is CC/C=C/C/C=C/C/C=C/C/C=C/CCCCC(=O)O[C@@H](COC(=O)CCCCCCCCCCCCC/C=C/CCCCCCCC)COP(=O)(O)OCCN. The Morgan fingerprint density at radius 3 is 1.49 bits per heavy atom. The molecule has 0 aliphatic heterocycles. The van der Waals surface area contributed by atoms with E-state index >= 15 is 0 Å². The number of hydrogen-bond acceptors (Lipinski definition) is 8. The molecular formula is C47H84NO8P. The van der Waals surface area contributed by atoms with Crippen molar-refractivity contribution in [2.24, 2.45) is 5.73 Å². The van der Waals surface area contributed by atoms with Gasteiger partial charge in [0.25, 0.3) is 0 Å². The third kappa shape index (κ3) is 43.1. The van der Waals surface area contributed by atoms with E-state index < -0.39 is 32.5 Å². The van der Waals surface area contributed by atoms with Gasteiger partial charge in [-0.3, -0.25) is 18.6 Å². The first-order valence-corrected chi connectivity index (χ1v) is 24.3. The van der Waals surface area contributed by atoms with Gasteiger partial charge in [0.1, 0.15) is 6.61 Å². The van der Waals surface area contributed by atoms with Crippen LogP contribution in [0.4, 0.5) is 0 Å². The van der Waals surface area contributed by atoms with Crippen LogP contribution in [0.1, 0.15) is 194 Å². The topological polar surface area (TPSA) is 134 Å². The fourth-order valence-corrected chi connectivity index (χ4v) is 6.80. The van der Waals surface area contributed by atoms with Crippen LogP contribution >= 0.6 is 7.82 Å². The van der Waals surface area contributed by atoms with Gasteiger partial charge >= 0.3 is 19.8 Å². The highest BCUT2D eigenvalue weighted by molar-refractivity contribution is 7.47. The fraction of sp³-hybridized carbons (Fsp3) is 0.745. The van der Waals surface area contributed by atoms with Gasteiger partial charge in [-0.2, -0.15) is 0 Å². The monoisotopic (exact) mass is 822 g/mol. The second kappa shape index (κ2) is 43.3. The summed E-state index contributed by atoms with van der Waals surface area (Å²) in [5, 5.41) is 0. The molecule has 3 N–H and O–H groups in total. The standard InChI is InChI=1S/C47H84NO8P/c1-3-5-7-9-11-13-15-17-19-20-21-22-23-24-26-27-29-31-33-35-37-39-46(49)53-43-45(44-55-57(51,52)54-42-41-48)56-47(50)40-38-36-34-32-30-28-25-18-16-14-12-10-8-6-4-2/h6,8,12,14,17-19,25,30,32,45H,3-5,7,9-11,13,15-16,20-24,26-29,31,33-44,48H2,1-2H3,(H,51,52)/b8-6+,14-12+,19-17+,25-18+,32-30+/t45-/m0/s1. The summed E-state index contributed by atoms with van der Waals surface area (Å²) >= 11 is 0. The lowest BCUT2D eigenvalue weighted by molar-refractivity contribution is -0.161. The number of rotatable bonds is 42. The van der Waals surface area contributed by atoms with E-state index in [9.17, 15) is 19.0 Å². The first kappa shape index (κ1) is 54.7. The van der Waals surface area contributed by atoms with E-state index in [4.69, 9.17) is 24.3 Å². The van der Waals surface area contributed by atoms with Gasteiger partial charge in [0.05, 0.1) is 13.2 Å². The quantitative estimate of drug-likeness (QED) is 0.0267. The van der Waals surface area contributed by atoms with Gasteiger partial charge in [-0.05, 0) is 77.0 Å². The lowest BCUT2D eigenvalue weighted by Crippen LogP contribution is -2.29. The summed E-state index contributed by atoms with van der Waals surface area (Å²) in [6.45, 7) is 3.57. The highest BCUT2D eigenvalue weighted by Crippen LogP contribution is 2.43. The Morgan fingerprint density at radius 2 is 0.965 bits per heavy atom. The maximum atomic E-state index is 12.6. The number of allylic oxidation sites excluding steroid dienone is 10. The van der Waals surface area contributed by atoms with Crippen LogP contribution in [0, 0.1) is 0 Å². The average Bonchev–Trinajstić information content (AvgIpc) is 3.20. The minimum atomic E-state index is -4.39. The minimum Gasteiger partial charge on any atom is -0.462 e. The smallest absolute Gasteiger partial charge is 0.462 e. The highest BCUT2D eigenvalue weighted by atomic mass is 31.2. The minimum absolute atomic E-state index is 0.0444. The van der Waals surface area contributed by atoms with E-state index in [1.54, 1.807) is 0 Å². The summed E-state index contributed by atoms with van der Waals surface area (Å²) in [7, 11) is -4.39. The molecule has 10 heteroatoms. The van der Waals surface area contributed by atoms with E-state index in [1.807, 2.05) is 0 Å². The van der Waals surface area contributed by atoms with Crippen molar-refractivity contribution in [1.82, 2.24) is 0 Å². The van der Waals surface area contributed by atoms with Gasteiger partial charge in [0.2, 0.25) is 0 Å². The molecule has 0 amide bonds. The molecule has 0 aliphatic carbocycles. The van der Waals surface area contributed by atoms with Crippen LogP contribution in [0.25, 0.3) is 0 Å². The summed E-state index contributed by atoms with van der Waals surface area (Å²) in [6.07, 6.45) is 51.2. The molecule has 0 spiro atoms. The Labute approximate surface area is 349 Å². The summed E-state index contributed by atoms with van der Waals surface area (Å²) in [6, 6.07) is 0. The fourth-order valence-electron chi connectivity index (χ4n) is 6.03. The first-order chi connectivity index (χ1) is 27.8. The number of nitrogens with two attached hydrogens (primary N) is 1. The number of unbranched alkanes of at least 4 members (excludes halogenated alkanes) is 19. The number of esters is 2. The molecule has 0 rings (SSSR count). The number of phosphoric ester groups is 1. The lowest BCUT2D eigenvalue weighted by Gasteiger charge is -2.19. The van der Waals surface area contributed by atoms with Gasteiger partial charge in [0, 0.05) is 19.4 Å². The maximum Gasteiger partial charge on any atom is 0.472 e. The highest BCUT2D eigenvalue weighted by Gasteiger charge is 2.26. The molecule has 0 radical (unpaired) electrons. The van der Waals surface area contributed by atoms with Gasteiger partial charge in [-0.1, -0.05) is 164 Å². The normalized spacial score (nSPS) is 13.8. The lowest BCUT2D eigenvalue weighted by atomic mass is 10.0. The largest absolute Gasteiger partial charge is 0.472 e. The van der Waals surface area contributed by atoms with Crippen LogP contribution in [0.15, 0.2) is 60.8 Å². The second-order valence-electron chi connectivity index (χ2n) is 14.9. The predicted molar refractivity (Wildman–Crippen MR) is 238 cm³/mol. The van der Waals surface area contributed by atoms with Crippen LogP contribution < -0.4 is 5.73 Å². The first-order valence-electron chi connectivity index (χ1n) is 22.8. The van der Waals surface area contributed by atoms with Crippen LogP contribution in [-0.4, -0.2) is 49.3 Å². The van der Waals surface area contributed by atoms with Crippen LogP contribution in [0.3, 0.4) is 0 Å². The van der Waals surface area contributed by atoms with E-state index in [1.165, 1.54) is 103 Å². The Morgan fingerprint density at radius 1 is 0.544 bits per heavy atom. The Bertz CT molecular complexity index is 1120. The summed E-state index contributed by atoms with van der Waals surface area (Å²) in [4.78, 5) is 34.9. The number of phosphoric acid groups is 1. The Kier molecular flexibility index (Phi) is 41.6. The summed E-state index contributed by atoms with van der Waals surface area (Å²) in [5.41, 5.74) is 5.35. The molecule has 0 fully saturated rings. The Balaban J connectivity index is 4.14. The van der Waals surface area contributed by atoms with Gasteiger partial charge in [-0.25, -0.2) is 4.57 Å². The van der Waals surface area contributed by atoms with E-state index in [2.05, 4.69) is 74.6 Å². The molecule has 0 heterocycles. The average molecular weight is 822 g/mol. The molecule has 0 aromatic rings. The van der Waals surface area contributed by atoms with E-state index in [0.29, 0.717) is 6.42 Å². The zero-order chi connectivity index (χ0) is 41.8. The number of carbonyl (C=O) groups excluding carboxylic acids is 2. The number of hydrogen-bond donors (Lipinski definition) is 2. The van der Waals surface area contributed by atoms with Crippen molar-refractivity contribution < 1.29 is 37.6 Å². The molecule has 0 saturated heterocycles. The number of carbonyl (C=O) groups is 2. The molecule has 9 nitrogen and oxygen atoms in total. The molecule has 2 atom stereocenters. The van der Waals surface area contributed by atoms with Crippen molar-refractivity contribution in [3.8, 4) is 0 Å². The van der Waals surface area contributed by atoms with Gasteiger partial charge in [-0.15, -0.1) is 0 Å². The second-order valence-corrected chi connectivity index (χ2v) is 16.3. The molecule has 0 bridgehead atoms. The van der Waals surface area contributed by atoms with Crippen molar-refractivity contribution in [1.29, 1.82) is 0 Å². The van der Waals surface area contributed by atoms with Crippen LogP contribution in [0.2, 0.25) is 0 Å². The third-order valence-corrected chi connectivity index (χ3v) is 10.4. The Hall–Kier alpha value is -2.29. The molecule has 0 aromatic carbocycles.